The van der Waals surface area contributed by atoms with E-state index >= 15 is 0 Å². The Kier molecular flexibility index (Phi) is 6.36. The van der Waals surface area contributed by atoms with Crippen LogP contribution >= 0.6 is 11.6 Å². The van der Waals surface area contributed by atoms with Crippen molar-refractivity contribution in [3.8, 4) is 34.5 Å². The lowest BCUT2D eigenvalue weighted by atomic mass is 10.0. The summed E-state index contributed by atoms with van der Waals surface area (Å²) in [6, 6.07) is 15.3. The van der Waals surface area contributed by atoms with E-state index in [2.05, 4.69) is 15.0 Å². The van der Waals surface area contributed by atoms with Crippen LogP contribution in [0.2, 0.25) is 5.02 Å². The fraction of sp³-hybridized carbons (Fsp3) is 0.240. The quantitative estimate of drug-likeness (QED) is 0.385. The monoisotopic (exact) mass is 494 g/mol. The number of hydrogen-bond donors (Lipinski definition) is 3. The second-order valence-electron chi connectivity index (χ2n) is 8.21. The molecule has 3 heterocycles. The smallest absolute Gasteiger partial charge is 0.296 e. The maximum atomic E-state index is 14.4. The van der Waals surface area contributed by atoms with Crippen molar-refractivity contribution in [2.45, 2.75) is 24.7 Å². The van der Waals surface area contributed by atoms with Crippen molar-refractivity contribution in [2.75, 3.05) is 13.2 Å². The molecule has 35 heavy (non-hydrogen) atoms. The van der Waals surface area contributed by atoms with Gasteiger partial charge in [0, 0.05) is 17.5 Å². The average Bonchev–Trinajstić information content (AvgIpc) is 3.24. The highest BCUT2D eigenvalue weighted by atomic mass is 35.5. The normalized spacial score (nSPS) is 20.0. The van der Waals surface area contributed by atoms with Crippen LogP contribution in [0.15, 0.2) is 48.5 Å². The van der Waals surface area contributed by atoms with E-state index in [0.717, 1.165) is 5.56 Å². The summed E-state index contributed by atoms with van der Waals surface area (Å²) in [5.41, 5.74) is 3.51. The van der Waals surface area contributed by atoms with E-state index in [-0.39, 0.29) is 24.8 Å². The largest absolute Gasteiger partial charge is 0.459 e. The molecule has 0 aliphatic carbocycles. The SMILES string of the molecule is N#Cc1ccc(-c2ccc(-c3nc4nc(OC5COC(CO)C(O)C5)[nH]c4cc3Cl)cc2)c(F)c1. The summed E-state index contributed by atoms with van der Waals surface area (Å²) >= 11 is 6.49. The molecule has 0 spiro atoms. The number of aromatic amines is 1. The molecule has 0 bridgehead atoms. The van der Waals surface area contributed by atoms with Crippen molar-refractivity contribution in [2.24, 2.45) is 0 Å². The fourth-order valence-corrected chi connectivity index (χ4v) is 4.29. The molecule has 4 aromatic rings. The number of pyridine rings is 1. The van der Waals surface area contributed by atoms with Gasteiger partial charge in [-0.2, -0.15) is 10.2 Å². The maximum Gasteiger partial charge on any atom is 0.296 e. The van der Waals surface area contributed by atoms with Crippen molar-refractivity contribution in [3.63, 3.8) is 0 Å². The molecule has 2 aromatic heterocycles. The van der Waals surface area contributed by atoms with Gasteiger partial charge < -0.3 is 24.7 Å². The molecular formula is C25H20ClFN4O4. The van der Waals surface area contributed by atoms with Gasteiger partial charge in [-0.1, -0.05) is 41.9 Å². The van der Waals surface area contributed by atoms with E-state index in [1.165, 1.54) is 6.07 Å². The van der Waals surface area contributed by atoms with Crippen molar-refractivity contribution < 1.29 is 24.1 Å². The van der Waals surface area contributed by atoms with Crippen LogP contribution in [0.5, 0.6) is 6.01 Å². The van der Waals surface area contributed by atoms with Gasteiger partial charge in [-0.25, -0.2) is 9.37 Å². The predicted octanol–water partition coefficient (Wildman–Crippen LogP) is 3.85. The maximum absolute atomic E-state index is 14.4. The lowest BCUT2D eigenvalue weighted by molar-refractivity contribution is -0.131. The van der Waals surface area contributed by atoms with Gasteiger partial charge in [0.05, 0.1) is 47.2 Å². The number of rotatable bonds is 5. The molecule has 1 fully saturated rings. The predicted molar refractivity (Wildman–Crippen MR) is 126 cm³/mol. The summed E-state index contributed by atoms with van der Waals surface area (Å²) in [6.45, 7) is -0.0436. The lowest BCUT2D eigenvalue weighted by Gasteiger charge is -2.31. The summed E-state index contributed by atoms with van der Waals surface area (Å²) in [7, 11) is 0. The van der Waals surface area contributed by atoms with Crippen LogP contribution in [0.3, 0.4) is 0 Å². The van der Waals surface area contributed by atoms with E-state index in [0.29, 0.717) is 39.4 Å². The van der Waals surface area contributed by atoms with Crippen LogP contribution in [0.25, 0.3) is 33.5 Å². The Morgan fingerprint density at radius 3 is 2.63 bits per heavy atom. The molecule has 0 radical (unpaired) electrons. The highest BCUT2D eigenvalue weighted by molar-refractivity contribution is 6.33. The first-order valence-electron chi connectivity index (χ1n) is 10.9. The van der Waals surface area contributed by atoms with Gasteiger partial charge in [0.2, 0.25) is 0 Å². The molecular weight excluding hydrogens is 475 g/mol. The van der Waals surface area contributed by atoms with Crippen molar-refractivity contribution >= 4 is 22.8 Å². The third kappa shape index (κ3) is 4.70. The summed E-state index contributed by atoms with van der Waals surface area (Å²) in [5.74, 6) is -0.471. The Morgan fingerprint density at radius 1 is 1.17 bits per heavy atom. The highest BCUT2D eigenvalue weighted by Gasteiger charge is 2.31. The fourth-order valence-electron chi connectivity index (χ4n) is 4.03. The van der Waals surface area contributed by atoms with Crippen LogP contribution in [0.4, 0.5) is 4.39 Å². The van der Waals surface area contributed by atoms with Crippen LogP contribution in [0, 0.1) is 17.1 Å². The van der Waals surface area contributed by atoms with Gasteiger partial charge >= 0.3 is 0 Å². The number of H-pyrrole nitrogens is 1. The zero-order valence-electron chi connectivity index (χ0n) is 18.3. The molecule has 3 atom stereocenters. The molecule has 1 saturated heterocycles. The standard InChI is InChI=1S/C25H20ClFN4O4/c26-18-9-20-24(31-25(29-20)35-16-8-21(33)22(11-32)34-12-16)30-23(18)15-4-2-14(3-5-15)17-6-1-13(10-28)7-19(17)27/h1-7,9,16,21-22,32-33H,8,11-12H2,(H,29,30,31). The first-order valence-corrected chi connectivity index (χ1v) is 11.3. The number of fused-ring (bicyclic) bond motifs is 1. The molecule has 0 amide bonds. The minimum Gasteiger partial charge on any atom is -0.459 e. The first kappa shape index (κ1) is 23.2. The number of nitrogens with zero attached hydrogens (tertiary/aromatic N) is 3. The number of ether oxygens (including phenoxy) is 2. The highest BCUT2D eigenvalue weighted by Crippen LogP contribution is 2.32. The second-order valence-corrected chi connectivity index (χ2v) is 8.62. The van der Waals surface area contributed by atoms with Gasteiger partial charge in [-0.15, -0.1) is 0 Å². The molecule has 1 aliphatic rings. The number of halogens is 2. The van der Waals surface area contributed by atoms with E-state index in [4.69, 9.17) is 26.3 Å². The first-order chi connectivity index (χ1) is 16.9. The summed E-state index contributed by atoms with van der Waals surface area (Å²) in [6.07, 6.45) is -1.58. The molecule has 8 nitrogen and oxygen atoms in total. The number of hydrogen-bond acceptors (Lipinski definition) is 7. The number of nitriles is 1. The zero-order valence-corrected chi connectivity index (χ0v) is 19.0. The zero-order chi connectivity index (χ0) is 24.5. The minimum atomic E-state index is -0.831. The number of nitrogens with one attached hydrogen (secondary N) is 1. The topological polar surface area (TPSA) is 124 Å². The van der Waals surface area contributed by atoms with Crippen LogP contribution in [-0.4, -0.2) is 56.7 Å². The van der Waals surface area contributed by atoms with Crippen LogP contribution in [-0.2, 0) is 4.74 Å². The summed E-state index contributed by atoms with van der Waals surface area (Å²) in [5, 5.41) is 28.5. The van der Waals surface area contributed by atoms with Gasteiger partial charge in [0.1, 0.15) is 18.0 Å². The Balaban J connectivity index is 1.37. The van der Waals surface area contributed by atoms with Crippen LogP contribution < -0.4 is 4.74 Å². The molecule has 10 heteroatoms. The van der Waals surface area contributed by atoms with Gasteiger partial charge in [0.25, 0.3) is 6.01 Å². The molecule has 178 valence electrons. The Bertz CT molecular complexity index is 1420. The number of aliphatic hydroxyl groups is 2. The second kappa shape index (κ2) is 9.60. The number of benzene rings is 2. The Morgan fingerprint density at radius 2 is 1.94 bits per heavy atom. The lowest BCUT2D eigenvalue weighted by Crippen LogP contribution is -2.45. The molecule has 1 aliphatic heterocycles. The van der Waals surface area contributed by atoms with Gasteiger partial charge in [-0.05, 0) is 23.8 Å². The number of imidazole rings is 1. The van der Waals surface area contributed by atoms with E-state index in [9.17, 15) is 14.6 Å². The van der Waals surface area contributed by atoms with Gasteiger partial charge in [-0.3, -0.25) is 0 Å². The molecule has 5 rings (SSSR count). The molecule has 0 saturated carbocycles. The van der Waals surface area contributed by atoms with E-state index in [1.807, 2.05) is 6.07 Å². The number of aliphatic hydroxyl groups excluding tert-OH is 2. The third-order valence-electron chi connectivity index (χ3n) is 5.86. The molecule has 3 unspecified atom stereocenters. The van der Waals surface area contributed by atoms with Crippen molar-refractivity contribution in [3.05, 3.63) is 64.9 Å². The minimum absolute atomic E-state index is 0.213. The average molecular weight is 495 g/mol. The van der Waals surface area contributed by atoms with Gasteiger partial charge in [0.15, 0.2) is 5.65 Å². The summed E-state index contributed by atoms with van der Waals surface area (Å²) < 4.78 is 25.6. The third-order valence-corrected chi connectivity index (χ3v) is 6.15. The van der Waals surface area contributed by atoms with Crippen LogP contribution in [0.1, 0.15) is 12.0 Å². The molecule has 3 N–H and O–H groups in total. The summed E-state index contributed by atoms with van der Waals surface area (Å²) in [4.78, 5) is 12.0. The number of aromatic nitrogens is 3. The molecule has 2 aromatic carbocycles. The van der Waals surface area contributed by atoms with E-state index < -0.39 is 24.1 Å². The Hall–Kier alpha value is -3.55. The van der Waals surface area contributed by atoms with Crippen molar-refractivity contribution in [1.82, 2.24) is 15.0 Å². The van der Waals surface area contributed by atoms with E-state index in [1.54, 1.807) is 42.5 Å². The Labute approximate surface area is 204 Å². The van der Waals surface area contributed by atoms with Crippen molar-refractivity contribution in [1.29, 1.82) is 5.26 Å².